The van der Waals surface area contributed by atoms with Crippen LogP contribution < -0.4 is 10.0 Å². The maximum atomic E-state index is 12.6. The zero-order valence-electron chi connectivity index (χ0n) is 16.2. The molecule has 3 aromatic rings. The lowest BCUT2D eigenvalue weighted by Crippen LogP contribution is -2.12. The Bertz CT molecular complexity index is 1090. The van der Waals surface area contributed by atoms with Crippen molar-refractivity contribution < 1.29 is 13.2 Å². The summed E-state index contributed by atoms with van der Waals surface area (Å²) in [6.07, 6.45) is 3.16. The van der Waals surface area contributed by atoms with Crippen LogP contribution in [0.25, 0.3) is 0 Å². The highest BCUT2D eigenvalue weighted by Crippen LogP contribution is 2.23. The molecule has 0 saturated heterocycles. The summed E-state index contributed by atoms with van der Waals surface area (Å²) >= 11 is 0.796. The molecule has 2 aromatic carbocycles. The first-order chi connectivity index (χ1) is 13.9. The highest BCUT2D eigenvalue weighted by atomic mass is 32.2. The molecule has 3 rings (SSSR count). The first-order valence-electron chi connectivity index (χ1n) is 9.20. The molecule has 0 aliphatic rings. The molecule has 0 radical (unpaired) electrons. The smallest absolute Gasteiger partial charge is 0.291 e. The highest BCUT2D eigenvalue weighted by molar-refractivity contribution is 7.94. The summed E-state index contributed by atoms with van der Waals surface area (Å²) in [6.45, 7) is 4.01. The molecular weight excluding hydrogens is 408 g/mol. The van der Waals surface area contributed by atoms with Crippen molar-refractivity contribution in [2.75, 3.05) is 10.0 Å². The largest absolute Gasteiger partial charge is 0.296 e. The van der Waals surface area contributed by atoms with Gasteiger partial charge in [-0.3, -0.25) is 14.8 Å². The molecule has 2 N–H and O–H groups in total. The number of nitrogens with zero attached hydrogens (tertiary/aromatic N) is 2. The number of unbranched alkanes of at least 4 members (excludes halogenated alkanes) is 1. The lowest BCUT2D eigenvalue weighted by atomic mass is 10.1. The molecule has 9 heteroatoms. The number of benzene rings is 2. The first kappa shape index (κ1) is 20.9. The monoisotopic (exact) mass is 430 g/mol. The minimum atomic E-state index is -3.89. The van der Waals surface area contributed by atoms with E-state index in [0.717, 1.165) is 41.7 Å². The Morgan fingerprint density at radius 1 is 1.10 bits per heavy atom. The Morgan fingerprint density at radius 2 is 1.86 bits per heavy atom. The van der Waals surface area contributed by atoms with E-state index in [2.05, 4.69) is 27.2 Å². The third-order valence-corrected chi connectivity index (χ3v) is 6.75. The number of carbonyl (C=O) groups excluding carboxylic acids is 1. The topological polar surface area (TPSA) is 101 Å². The normalized spacial score (nSPS) is 11.2. The number of carbonyl (C=O) groups is 1. The van der Waals surface area contributed by atoms with Gasteiger partial charge in [-0.25, -0.2) is 0 Å². The molecule has 0 aliphatic carbocycles. The second kappa shape index (κ2) is 9.15. The van der Waals surface area contributed by atoms with Crippen molar-refractivity contribution in [2.24, 2.45) is 0 Å². The van der Waals surface area contributed by atoms with Crippen molar-refractivity contribution in [2.45, 2.75) is 37.4 Å². The molecule has 0 aliphatic heterocycles. The van der Waals surface area contributed by atoms with Gasteiger partial charge in [0.05, 0.1) is 0 Å². The summed E-state index contributed by atoms with van der Waals surface area (Å²) in [5.41, 5.74) is 3.02. The summed E-state index contributed by atoms with van der Waals surface area (Å²) in [6, 6.07) is 14.3. The molecule has 0 atom stereocenters. The van der Waals surface area contributed by atoms with E-state index in [1.807, 2.05) is 25.1 Å². The molecule has 0 unspecified atom stereocenters. The molecule has 29 heavy (non-hydrogen) atoms. The van der Waals surface area contributed by atoms with Gasteiger partial charge in [-0.15, -0.1) is 10.2 Å². The third kappa shape index (κ3) is 5.61. The van der Waals surface area contributed by atoms with Crippen LogP contribution in [0.2, 0.25) is 0 Å². The molecule has 7 nitrogen and oxygen atoms in total. The van der Waals surface area contributed by atoms with Gasteiger partial charge in [-0.1, -0.05) is 54.5 Å². The summed E-state index contributed by atoms with van der Waals surface area (Å²) in [4.78, 5) is 12.3. The molecule has 0 spiro atoms. The molecular formula is C20H22N4O3S2. The van der Waals surface area contributed by atoms with Crippen LogP contribution in [0.3, 0.4) is 0 Å². The van der Waals surface area contributed by atoms with Crippen LogP contribution in [-0.2, 0) is 16.4 Å². The molecule has 0 bridgehead atoms. The van der Waals surface area contributed by atoms with Crippen LogP contribution in [0, 0.1) is 6.92 Å². The van der Waals surface area contributed by atoms with Gasteiger partial charge in [0.25, 0.3) is 20.3 Å². The fourth-order valence-electron chi connectivity index (χ4n) is 2.64. The second-order valence-corrected chi connectivity index (χ2v) is 9.44. The minimum Gasteiger partial charge on any atom is -0.296 e. The van der Waals surface area contributed by atoms with E-state index in [0.29, 0.717) is 11.3 Å². The van der Waals surface area contributed by atoms with Gasteiger partial charge in [0.1, 0.15) is 0 Å². The van der Waals surface area contributed by atoms with E-state index in [1.165, 1.54) is 0 Å². The summed E-state index contributed by atoms with van der Waals surface area (Å²) in [5.74, 6) is -0.371. The average molecular weight is 431 g/mol. The zero-order valence-corrected chi connectivity index (χ0v) is 17.8. The Morgan fingerprint density at radius 3 is 2.55 bits per heavy atom. The summed E-state index contributed by atoms with van der Waals surface area (Å²) < 4.78 is 27.4. The van der Waals surface area contributed by atoms with Crippen LogP contribution >= 0.6 is 11.3 Å². The van der Waals surface area contributed by atoms with Gasteiger partial charge in [-0.2, -0.15) is 8.42 Å². The van der Waals surface area contributed by atoms with Gasteiger partial charge in [-0.05, 0) is 49.6 Å². The third-order valence-electron chi connectivity index (χ3n) is 4.16. The number of hydrogen-bond donors (Lipinski definition) is 2. The van der Waals surface area contributed by atoms with Gasteiger partial charge >= 0.3 is 0 Å². The number of amides is 1. The predicted molar refractivity (Wildman–Crippen MR) is 115 cm³/mol. The number of aromatic nitrogens is 2. The predicted octanol–water partition coefficient (Wildman–Crippen LogP) is 4.24. The lowest BCUT2D eigenvalue weighted by Gasteiger charge is -2.06. The number of aryl methyl sites for hydroxylation is 2. The summed E-state index contributed by atoms with van der Waals surface area (Å²) in [7, 11) is -3.89. The number of nitrogens with one attached hydrogen (secondary N) is 2. The Labute approximate surface area is 174 Å². The van der Waals surface area contributed by atoms with Crippen molar-refractivity contribution in [3.05, 3.63) is 65.2 Å². The summed E-state index contributed by atoms with van der Waals surface area (Å²) in [5, 5.41) is 10.2. The van der Waals surface area contributed by atoms with E-state index in [4.69, 9.17) is 0 Å². The van der Waals surface area contributed by atoms with Crippen LogP contribution in [0.4, 0.5) is 10.8 Å². The lowest BCUT2D eigenvalue weighted by molar-refractivity contribution is 0.102. The van der Waals surface area contributed by atoms with Crippen LogP contribution in [-0.4, -0.2) is 24.5 Å². The zero-order chi connectivity index (χ0) is 20.9. The Balaban J connectivity index is 1.67. The maximum Gasteiger partial charge on any atom is 0.291 e. The van der Waals surface area contributed by atoms with Crippen molar-refractivity contribution >= 4 is 38.1 Å². The van der Waals surface area contributed by atoms with E-state index >= 15 is 0 Å². The van der Waals surface area contributed by atoms with Gasteiger partial charge < -0.3 is 0 Å². The number of sulfonamides is 1. The quantitative estimate of drug-likeness (QED) is 0.521. The Hall–Kier alpha value is -2.78. The molecule has 1 aromatic heterocycles. The van der Waals surface area contributed by atoms with Gasteiger partial charge in [0, 0.05) is 11.3 Å². The number of rotatable bonds is 8. The van der Waals surface area contributed by atoms with Crippen molar-refractivity contribution in [1.82, 2.24) is 10.2 Å². The maximum absolute atomic E-state index is 12.6. The van der Waals surface area contributed by atoms with E-state index < -0.39 is 10.0 Å². The van der Waals surface area contributed by atoms with Crippen molar-refractivity contribution in [3.8, 4) is 0 Å². The minimum absolute atomic E-state index is 0.117. The molecule has 0 saturated carbocycles. The van der Waals surface area contributed by atoms with Gasteiger partial charge in [0.2, 0.25) is 5.13 Å². The standard InChI is InChI=1S/C20H22N4O3S2/c1-3-4-7-15-9-11-17(12-10-15)24-29(26,27)20-23-22-19(28-20)21-18(25)16-8-5-6-14(2)13-16/h5-6,8-13,24H,3-4,7H2,1-2H3,(H,21,22,25). The second-order valence-electron chi connectivity index (χ2n) is 6.60. The van der Waals surface area contributed by atoms with E-state index in [-0.39, 0.29) is 15.4 Å². The SMILES string of the molecule is CCCCc1ccc(NS(=O)(=O)c2nnc(NC(=O)c3cccc(C)c3)s2)cc1. The highest BCUT2D eigenvalue weighted by Gasteiger charge is 2.21. The molecule has 1 amide bonds. The van der Waals surface area contributed by atoms with Crippen LogP contribution in [0.15, 0.2) is 52.9 Å². The Kier molecular flexibility index (Phi) is 6.60. The first-order valence-corrected chi connectivity index (χ1v) is 11.5. The molecule has 0 fully saturated rings. The van der Waals surface area contributed by atoms with Crippen molar-refractivity contribution in [1.29, 1.82) is 0 Å². The van der Waals surface area contributed by atoms with E-state index in [1.54, 1.807) is 30.3 Å². The van der Waals surface area contributed by atoms with Crippen LogP contribution in [0.5, 0.6) is 0 Å². The number of hydrogen-bond acceptors (Lipinski definition) is 6. The van der Waals surface area contributed by atoms with Gasteiger partial charge in [0.15, 0.2) is 0 Å². The number of anilines is 2. The average Bonchev–Trinajstić information content (AvgIpc) is 3.17. The molecule has 1 heterocycles. The van der Waals surface area contributed by atoms with Crippen LogP contribution in [0.1, 0.15) is 41.3 Å². The molecule has 152 valence electrons. The fourth-order valence-corrected chi connectivity index (χ4v) is 4.60. The fraction of sp³-hybridized carbons (Fsp3) is 0.250. The van der Waals surface area contributed by atoms with E-state index in [9.17, 15) is 13.2 Å². The van der Waals surface area contributed by atoms with Crippen molar-refractivity contribution in [3.63, 3.8) is 0 Å².